The van der Waals surface area contributed by atoms with Crippen LogP contribution < -0.4 is 16.8 Å². The summed E-state index contributed by atoms with van der Waals surface area (Å²) < 4.78 is 7.12. The molecule has 1 saturated heterocycles. The number of anilines is 1. The van der Waals surface area contributed by atoms with Gasteiger partial charge >= 0.3 is 0 Å². The molecule has 12 nitrogen and oxygen atoms in total. The third-order valence-electron chi connectivity index (χ3n) is 4.35. The first-order chi connectivity index (χ1) is 12.3. The van der Waals surface area contributed by atoms with Crippen molar-refractivity contribution in [1.82, 2.24) is 24.8 Å². The smallest absolute Gasteiger partial charge is 0.239 e. The zero-order valence-electron chi connectivity index (χ0n) is 13.9. The van der Waals surface area contributed by atoms with E-state index >= 15 is 0 Å². The Hall–Kier alpha value is -2.38. The Kier molecular flexibility index (Phi) is 5.02. The number of carbonyl (C=O) groups excluding carboxylic acids is 1. The Bertz CT molecular complexity index is 797. The number of ether oxygens (including phenoxy) is 1. The molecule has 8 N–H and O–H groups in total. The molecular weight excluding hydrogens is 346 g/mol. The molecule has 3 rings (SSSR count). The van der Waals surface area contributed by atoms with Crippen molar-refractivity contribution in [2.24, 2.45) is 5.73 Å². The zero-order chi connectivity index (χ0) is 19.0. The summed E-state index contributed by atoms with van der Waals surface area (Å²) in [6.45, 7) is 0.923. The van der Waals surface area contributed by atoms with Gasteiger partial charge in [0.15, 0.2) is 17.7 Å². The lowest BCUT2D eigenvalue weighted by Gasteiger charge is -2.23. The number of aromatic nitrogens is 4. The second kappa shape index (κ2) is 7.09. The molecule has 0 aromatic carbocycles. The Balaban J connectivity index is 1.86. The van der Waals surface area contributed by atoms with Crippen LogP contribution in [0, 0.1) is 0 Å². The van der Waals surface area contributed by atoms with Crippen LogP contribution in [-0.4, -0.2) is 77.7 Å². The molecule has 142 valence electrons. The number of nitrogens with zero attached hydrogens (tertiary/aromatic N) is 4. The summed E-state index contributed by atoms with van der Waals surface area (Å²) in [5.41, 5.74) is 12.0. The molecule has 0 spiro atoms. The van der Waals surface area contributed by atoms with Gasteiger partial charge in [0.25, 0.3) is 0 Å². The number of nitrogens with one attached hydrogen (secondary N) is 1. The van der Waals surface area contributed by atoms with Crippen LogP contribution in [0.25, 0.3) is 11.2 Å². The number of fused-ring (bicyclic) bond motifs is 1. The van der Waals surface area contributed by atoms with E-state index in [-0.39, 0.29) is 5.82 Å². The van der Waals surface area contributed by atoms with Crippen LogP contribution in [0.3, 0.4) is 0 Å². The van der Waals surface area contributed by atoms with Crippen molar-refractivity contribution in [2.75, 3.05) is 12.3 Å². The third-order valence-corrected chi connectivity index (χ3v) is 4.35. The SMILES string of the molecule is C[C@@H](O)[C@H](N)C(=O)N[C@H]1[C@@H](O)[C@H](n2cnc3c(N)ncnc32)O[C@@H]1CO. The van der Waals surface area contributed by atoms with Gasteiger partial charge in [0.05, 0.1) is 25.1 Å². The molecule has 1 amide bonds. The second-order valence-electron chi connectivity index (χ2n) is 6.12. The average Bonchev–Trinajstić information content (AvgIpc) is 3.17. The molecule has 2 aromatic rings. The van der Waals surface area contributed by atoms with Crippen molar-refractivity contribution in [3.63, 3.8) is 0 Å². The summed E-state index contributed by atoms with van der Waals surface area (Å²) in [7, 11) is 0. The molecule has 26 heavy (non-hydrogen) atoms. The van der Waals surface area contributed by atoms with Crippen molar-refractivity contribution in [3.8, 4) is 0 Å². The summed E-state index contributed by atoms with van der Waals surface area (Å²) in [6.07, 6.45) is -1.54. The molecule has 1 aliphatic rings. The van der Waals surface area contributed by atoms with E-state index in [0.717, 1.165) is 0 Å². The molecule has 0 radical (unpaired) electrons. The van der Waals surface area contributed by atoms with Crippen LogP contribution in [0.1, 0.15) is 13.2 Å². The van der Waals surface area contributed by atoms with Crippen LogP contribution in [-0.2, 0) is 9.53 Å². The Morgan fingerprint density at radius 3 is 2.85 bits per heavy atom. The highest BCUT2D eigenvalue weighted by molar-refractivity contribution is 5.82. The number of hydrogen-bond donors (Lipinski definition) is 6. The lowest BCUT2D eigenvalue weighted by molar-refractivity contribution is -0.126. The number of imidazole rings is 1. The van der Waals surface area contributed by atoms with Gasteiger partial charge in [-0.3, -0.25) is 9.36 Å². The number of nitrogen functional groups attached to an aromatic ring is 1. The van der Waals surface area contributed by atoms with Crippen LogP contribution in [0.4, 0.5) is 5.82 Å². The topological polar surface area (TPSA) is 195 Å². The first-order valence-electron chi connectivity index (χ1n) is 7.96. The lowest BCUT2D eigenvalue weighted by Crippen LogP contribution is -2.55. The predicted octanol–water partition coefficient (Wildman–Crippen LogP) is -3.15. The third kappa shape index (κ3) is 3.08. The molecule has 0 unspecified atom stereocenters. The number of nitrogens with two attached hydrogens (primary N) is 2. The highest BCUT2D eigenvalue weighted by Gasteiger charge is 2.46. The van der Waals surface area contributed by atoms with Crippen LogP contribution in [0.5, 0.6) is 0 Å². The summed E-state index contributed by atoms with van der Waals surface area (Å²) in [4.78, 5) is 24.1. The van der Waals surface area contributed by atoms with Crippen molar-refractivity contribution in [3.05, 3.63) is 12.7 Å². The maximum Gasteiger partial charge on any atom is 0.239 e. The van der Waals surface area contributed by atoms with Crippen LogP contribution in [0.2, 0.25) is 0 Å². The maximum absolute atomic E-state index is 12.1. The molecule has 0 bridgehead atoms. The largest absolute Gasteiger partial charge is 0.394 e. The minimum atomic E-state index is -1.23. The summed E-state index contributed by atoms with van der Waals surface area (Å²) in [6, 6.07) is -2.12. The highest BCUT2D eigenvalue weighted by Crippen LogP contribution is 2.31. The molecule has 6 atom stereocenters. The van der Waals surface area contributed by atoms with Gasteiger partial charge in [0.1, 0.15) is 30.1 Å². The lowest BCUT2D eigenvalue weighted by atomic mass is 10.1. The van der Waals surface area contributed by atoms with Crippen LogP contribution >= 0.6 is 0 Å². The van der Waals surface area contributed by atoms with Crippen molar-refractivity contribution in [1.29, 1.82) is 0 Å². The van der Waals surface area contributed by atoms with Crippen molar-refractivity contribution in [2.45, 2.75) is 43.5 Å². The quantitative estimate of drug-likeness (QED) is 0.314. The van der Waals surface area contributed by atoms with Gasteiger partial charge < -0.3 is 36.8 Å². The van der Waals surface area contributed by atoms with Gasteiger partial charge in [-0.05, 0) is 6.92 Å². The van der Waals surface area contributed by atoms with E-state index < -0.39 is 49.1 Å². The molecule has 0 saturated carbocycles. The van der Waals surface area contributed by atoms with E-state index in [2.05, 4.69) is 20.3 Å². The first-order valence-corrected chi connectivity index (χ1v) is 7.96. The monoisotopic (exact) mass is 367 g/mol. The Morgan fingerprint density at radius 1 is 1.46 bits per heavy atom. The molecule has 12 heteroatoms. The number of aliphatic hydroxyl groups excluding tert-OH is 3. The van der Waals surface area contributed by atoms with Gasteiger partial charge in [-0.25, -0.2) is 15.0 Å². The number of hydrogen-bond acceptors (Lipinski definition) is 10. The minimum Gasteiger partial charge on any atom is -0.394 e. The number of amides is 1. The molecule has 1 fully saturated rings. The summed E-state index contributed by atoms with van der Waals surface area (Å²) >= 11 is 0. The highest BCUT2D eigenvalue weighted by atomic mass is 16.5. The van der Waals surface area contributed by atoms with Crippen molar-refractivity contribution >= 4 is 22.9 Å². The first kappa shape index (κ1) is 18.4. The minimum absolute atomic E-state index is 0.174. The number of carbonyl (C=O) groups is 1. The Morgan fingerprint density at radius 2 is 2.19 bits per heavy atom. The molecule has 3 heterocycles. The maximum atomic E-state index is 12.1. The van der Waals surface area contributed by atoms with E-state index in [0.29, 0.717) is 11.2 Å². The number of rotatable bonds is 5. The summed E-state index contributed by atoms with van der Waals surface area (Å²) in [5, 5.41) is 32.1. The normalized spacial score (nSPS) is 28.2. The van der Waals surface area contributed by atoms with Crippen LogP contribution in [0.15, 0.2) is 12.7 Å². The molecule has 0 aliphatic carbocycles. The van der Waals surface area contributed by atoms with Crippen molar-refractivity contribution < 1.29 is 24.9 Å². The van der Waals surface area contributed by atoms with Gasteiger partial charge in [-0.2, -0.15) is 0 Å². The fourth-order valence-corrected chi connectivity index (χ4v) is 2.84. The van der Waals surface area contributed by atoms with E-state index in [1.54, 1.807) is 0 Å². The van der Waals surface area contributed by atoms with Gasteiger partial charge in [0.2, 0.25) is 5.91 Å². The van der Waals surface area contributed by atoms with E-state index in [1.807, 2.05) is 0 Å². The van der Waals surface area contributed by atoms with Gasteiger partial charge in [-0.15, -0.1) is 0 Å². The van der Waals surface area contributed by atoms with E-state index in [9.17, 15) is 20.1 Å². The standard InChI is InChI=1S/C14H21N7O5/c1-5(23)7(15)13(25)20-8-6(2-22)26-14(10(8)24)21-4-19-9-11(16)17-3-18-12(9)21/h3-8,10,14,22-24H,2,15H2,1H3,(H,20,25)(H2,16,17,18)/t5-,6-,7+,8-,10-,14-/m1/s1. The average molecular weight is 367 g/mol. The fraction of sp³-hybridized carbons (Fsp3) is 0.571. The second-order valence-corrected chi connectivity index (χ2v) is 6.12. The molecule has 2 aromatic heterocycles. The zero-order valence-corrected chi connectivity index (χ0v) is 13.9. The Labute approximate surface area is 147 Å². The molecule has 1 aliphatic heterocycles. The molecular formula is C14H21N7O5. The predicted molar refractivity (Wildman–Crippen MR) is 88.3 cm³/mol. The van der Waals surface area contributed by atoms with E-state index in [1.165, 1.54) is 24.1 Å². The fourth-order valence-electron chi connectivity index (χ4n) is 2.84. The number of aliphatic hydroxyl groups is 3. The summed E-state index contributed by atoms with van der Waals surface area (Å²) in [5.74, 6) is -0.499. The van der Waals surface area contributed by atoms with Gasteiger partial charge in [0, 0.05) is 0 Å². The van der Waals surface area contributed by atoms with Gasteiger partial charge in [-0.1, -0.05) is 0 Å². The van der Waals surface area contributed by atoms with E-state index in [4.69, 9.17) is 16.2 Å².